The maximum absolute atomic E-state index is 12.4. The molecule has 0 saturated carbocycles. The van der Waals surface area contributed by atoms with E-state index in [1.54, 1.807) is 6.20 Å². The van der Waals surface area contributed by atoms with Crippen LogP contribution in [0.1, 0.15) is 21.5 Å². The zero-order valence-electron chi connectivity index (χ0n) is 14.5. The van der Waals surface area contributed by atoms with Crippen molar-refractivity contribution in [1.82, 2.24) is 15.1 Å². The number of nitrogens with zero attached hydrogens (tertiary/aromatic N) is 2. The van der Waals surface area contributed by atoms with Gasteiger partial charge in [0.15, 0.2) is 0 Å². The van der Waals surface area contributed by atoms with Crippen molar-refractivity contribution in [1.29, 1.82) is 0 Å². The lowest BCUT2D eigenvalue weighted by atomic mass is 10.1. The SMILES string of the molecule is NS(=O)(=O)c1cc(C(=O)NCc2ccc(Cn3cccn3)cc2)c(Cl)cc1Cl. The van der Waals surface area contributed by atoms with Crippen molar-refractivity contribution in [2.24, 2.45) is 5.14 Å². The quantitative estimate of drug-likeness (QED) is 0.616. The van der Waals surface area contributed by atoms with Crippen molar-refractivity contribution in [3.63, 3.8) is 0 Å². The van der Waals surface area contributed by atoms with E-state index in [0.29, 0.717) is 6.54 Å². The zero-order chi connectivity index (χ0) is 20.3. The van der Waals surface area contributed by atoms with Crippen LogP contribution in [0.15, 0.2) is 59.8 Å². The van der Waals surface area contributed by atoms with E-state index < -0.39 is 15.9 Å². The van der Waals surface area contributed by atoms with E-state index in [4.69, 9.17) is 28.3 Å². The van der Waals surface area contributed by atoms with Gasteiger partial charge in [-0.3, -0.25) is 9.48 Å². The number of aromatic nitrogens is 2. The normalized spacial score (nSPS) is 11.4. The second-order valence-corrected chi connectivity index (χ2v) is 8.35. The first-order valence-electron chi connectivity index (χ1n) is 8.09. The van der Waals surface area contributed by atoms with E-state index in [-0.39, 0.29) is 27.0 Å². The number of carbonyl (C=O) groups is 1. The number of sulfonamides is 1. The Hall–Kier alpha value is -2.39. The highest BCUT2D eigenvalue weighted by molar-refractivity contribution is 7.89. The molecule has 0 aliphatic carbocycles. The summed E-state index contributed by atoms with van der Waals surface area (Å²) in [6, 6.07) is 11.8. The van der Waals surface area contributed by atoms with Gasteiger partial charge in [0, 0.05) is 18.9 Å². The molecule has 0 spiro atoms. The summed E-state index contributed by atoms with van der Waals surface area (Å²) in [5.74, 6) is -0.535. The van der Waals surface area contributed by atoms with Crippen LogP contribution in [0.4, 0.5) is 0 Å². The van der Waals surface area contributed by atoms with Crippen molar-refractivity contribution in [2.45, 2.75) is 18.0 Å². The summed E-state index contributed by atoms with van der Waals surface area (Å²) in [4.78, 5) is 12.1. The predicted molar refractivity (Wildman–Crippen MR) is 107 cm³/mol. The van der Waals surface area contributed by atoms with Crippen LogP contribution in [0.2, 0.25) is 10.0 Å². The Morgan fingerprint density at radius 2 is 1.79 bits per heavy atom. The third-order valence-electron chi connectivity index (χ3n) is 3.95. The second-order valence-electron chi connectivity index (χ2n) is 6.01. The Labute approximate surface area is 172 Å². The van der Waals surface area contributed by atoms with E-state index in [1.807, 2.05) is 41.2 Å². The van der Waals surface area contributed by atoms with Crippen molar-refractivity contribution in [2.75, 3.05) is 0 Å². The first kappa shape index (κ1) is 20.3. The average molecular weight is 439 g/mol. The number of hydrogen-bond acceptors (Lipinski definition) is 4. The van der Waals surface area contributed by atoms with E-state index in [9.17, 15) is 13.2 Å². The van der Waals surface area contributed by atoms with Gasteiger partial charge in [-0.2, -0.15) is 5.10 Å². The average Bonchev–Trinajstić information content (AvgIpc) is 3.13. The topological polar surface area (TPSA) is 107 Å². The van der Waals surface area contributed by atoms with Crippen LogP contribution < -0.4 is 10.5 Å². The molecule has 3 rings (SSSR count). The highest BCUT2D eigenvalue weighted by Crippen LogP contribution is 2.28. The Bertz CT molecular complexity index is 1100. The van der Waals surface area contributed by atoms with Crippen LogP contribution >= 0.6 is 23.2 Å². The van der Waals surface area contributed by atoms with Gasteiger partial charge in [-0.1, -0.05) is 47.5 Å². The Balaban J connectivity index is 1.69. The lowest BCUT2D eigenvalue weighted by Crippen LogP contribution is -2.24. The second kappa shape index (κ2) is 8.32. The number of nitrogens with two attached hydrogens (primary N) is 1. The summed E-state index contributed by atoms with van der Waals surface area (Å²) in [6.07, 6.45) is 3.59. The molecule has 3 N–H and O–H groups in total. The predicted octanol–water partition coefficient (Wildman–Crippen LogP) is 2.82. The van der Waals surface area contributed by atoms with Gasteiger partial charge in [0.05, 0.1) is 22.2 Å². The standard InChI is InChI=1S/C18H16Cl2N4O3S/c19-15-9-16(20)17(28(21,26)27)8-14(15)18(25)22-10-12-2-4-13(5-3-12)11-24-7-1-6-23-24/h1-9H,10-11H2,(H,22,25)(H2,21,26,27). The highest BCUT2D eigenvalue weighted by atomic mass is 35.5. The minimum Gasteiger partial charge on any atom is -0.348 e. The number of benzene rings is 2. The molecule has 146 valence electrons. The third kappa shape index (κ3) is 4.90. The Kier molecular flexibility index (Phi) is 6.04. The third-order valence-corrected chi connectivity index (χ3v) is 5.64. The molecule has 0 fully saturated rings. The number of amides is 1. The monoisotopic (exact) mass is 438 g/mol. The van der Waals surface area contributed by atoms with Gasteiger partial charge in [-0.25, -0.2) is 13.6 Å². The van der Waals surface area contributed by atoms with Gasteiger partial charge in [-0.05, 0) is 29.3 Å². The smallest absolute Gasteiger partial charge is 0.253 e. The molecule has 0 atom stereocenters. The fourth-order valence-electron chi connectivity index (χ4n) is 2.54. The van der Waals surface area contributed by atoms with Gasteiger partial charge in [0.25, 0.3) is 5.91 Å². The van der Waals surface area contributed by atoms with Crippen LogP contribution in [-0.2, 0) is 23.1 Å². The zero-order valence-corrected chi connectivity index (χ0v) is 16.8. The van der Waals surface area contributed by atoms with Crippen LogP contribution in [0.3, 0.4) is 0 Å². The molecule has 0 saturated heterocycles. The molecule has 1 aromatic heterocycles. The molecular formula is C18H16Cl2N4O3S. The summed E-state index contributed by atoms with van der Waals surface area (Å²) < 4.78 is 25.0. The van der Waals surface area contributed by atoms with Crippen molar-refractivity contribution in [3.05, 3.63) is 81.6 Å². The lowest BCUT2D eigenvalue weighted by Gasteiger charge is -2.10. The maximum atomic E-state index is 12.4. The van der Waals surface area contributed by atoms with Crippen LogP contribution in [0.25, 0.3) is 0 Å². The van der Waals surface area contributed by atoms with Crippen LogP contribution in [-0.4, -0.2) is 24.1 Å². The summed E-state index contributed by atoms with van der Waals surface area (Å²) in [7, 11) is -4.08. The van der Waals surface area contributed by atoms with E-state index in [2.05, 4.69) is 10.4 Å². The molecule has 0 radical (unpaired) electrons. The first-order valence-corrected chi connectivity index (χ1v) is 10.4. The summed E-state index contributed by atoms with van der Waals surface area (Å²) in [6.45, 7) is 0.890. The molecule has 0 aliphatic heterocycles. The van der Waals surface area contributed by atoms with Gasteiger partial charge < -0.3 is 5.32 Å². The molecule has 1 amide bonds. The lowest BCUT2D eigenvalue weighted by molar-refractivity contribution is 0.0951. The summed E-state index contributed by atoms with van der Waals surface area (Å²) >= 11 is 11.9. The molecule has 3 aromatic rings. The molecule has 1 heterocycles. The molecule has 7 nitrogen and oxygen atoms in total. The number of rotatable bonds is 6. The molecule has 2 aromatic carbocycles. The summed E-state index contributed by atoms with van der Waals surface area (Å²) in [5, 5.41) is 11.9. The van der Waals surface area contributed by atoms with Crippen LogP contribution in [0.5, 0.6) is 0 Å². The number of hydrogen-bond donors (Lipinski definition) is 2. The fourth-order valence-corrected chi connectivity index (χ4v) is 3.95. The highest BCUT2D eigenvalue weighted by Gasteiger charge is 2.19. The molecule has 0 unspecified atom stereocenters. The van der Waals surface area contributed by atoms with Crippen molar-refractivity contribution in [3.8, 4) is 0 Å². The van der Waals surface area contributed by atoms with E-state index in [0.717, 1.165) is 17.2 Å². The molecule has 28 heavy (non-hydrogen) atoms. The van der Waals surface area contributed by atoms with E-state index >= 15 is 0 Å². The maximum Gasteiger partial charge on any atom is 0.253 e. The first-order chi connectivity index (χ1) is 13.2. The minimum atomic E-state index is -4.08. The number of nitrogens with one attached hydrogen (secondary N) is 1. The Morgan fingerprint density at radius 1 is 1.11 bits per heavy atom. The fraction of sp³-hybridized carbons (Fsp3) is 0.111. The largest absolute Gasteiger partial charge is 0.348 e. The van der Waals surface area contributed by atoms with Gasteiger partial charge in [0.2, 0.25) is 10.0 Å². The van der Waals surface area contributed by atoms with Gasteiger partial charge in [-0.15, -0.1) is 0 Å². The molecular weight excluding hydrogens is 423 g/mol. The van der Waals surface area contributed by atoms with Gasteiger partial charge >= 0.3 is 0 Å². The van der Waals surface area contributed by atoms with Crippen molar-refractivity contribution >= 4 is 39.1 Å². The van der Waals surface area contributed by atoms with Crippen LogP contribution in [0, 0.1) is 0 Å². The molecule has 10 heteroatoms. The molecule has 0 aliphatic rings. The van der Waals surface area contributed by atoms with Gasteiger partial charge in [0.1, 0.15) is 4.90 Å². The van der Waals surface area contributed by atoms with Crippen molar-refractivity contribution < 1.29 is 13.2 Å². The Morgan fingerprint density at radius 3 is 2.39 bits per heavy atom. The number of halogens is 2. The number of primary sulfonamides is 1. The minimum absolute atomic E-state index is 0.0228. The molecule has 0 bridgehead atoms. The summed E-state index contributed by atoms with van der Waals surface area (Å²) in [5.41, 5.74) is 1.91. The number of carbonyl (C=O) groups excluding carboxylic acids is 1. The van der Waals surface area contributed by atoms with E-state index in [1.165, 1.54) is 6.07 Å².